The first-order valence-electron chi connectivity index (χ1n) is 12.4. The number of thiazole rings is 1. The van der Waals surface area contributed by atoms with E-state index < -0.39 is 23.5 Å². The molecule has 204 valence electrons. The Kier molecular flexibility index (Phi) is 6.85. The van der Waals surface area contributed by atoms with Crippen molar-refractivity contribution in [3.63, 3.8) is 0 Å². The van der Waals surface area contributed by atoms with Crippen molar-refractivity contribution in [1.82, 2.24) is 25.5 Å². The van der Waals surface area contributed by atoms with Crippen LogP contribution in [0.4, 0.5) is 10.6 Å². The van der Waals surface area contributed by atoms with E-state index in [1.54, 1.807) is 19.2 Å². The normalized spacial score (nSPS) is 17.2. The lowest BCUT2D eigenvalue weighted by Gasteiger charge is -2.29. The van der Waals surface area contributed by atoms with Gasteiger partial charge in [-0.1, -0.05) is 0 Å². The third-order valence-electron chi connectivity index (χ3n) is 6.54. The van der Waals surface area contributed by atoms with Gasteiger partial charge < -0.3 is 19.7 Å². The molecule has 2 aromatic heterocycles. The molecule has 39 heavy (non-hydrogen) atoms. The Morgan fingerprint density at radius 3 is 2.74 bits per heavy atom. The van der Waals surface area contributed by atoms with Gasteiger partial charge in [-0.25, -0.2) is 14.8 Å². The summed E-state index contributed by atoms with van der Waals surface area (Å²) in [6, 6.07) is 5.54. The van der Waals surface area contributed by atoms with E-state index in [0.29, 0.717) is 39.9 Å². The number of piperidine rings is 1. The molecule has 0 saturated carbocycles. The highest BCUT2D eigenvalue weighted by Crippen LogP contribution is 2.38. The molecule has 1 unspecified atom stereocenters. The van der Waals surface area contributed by atoms with Gasteiger partial charge in [-0.05, 0) is 45.4 Å². The van der Waals surface area contributed by atoms with Gasteiger partial charge in [-0.15, -0.1) is 11.3 Å². The summed E-state index contributed by atoms with van der Waals surface area (Å²) < 4.78 is 12.0. The lowest BCUT2D eigenvalue weighted by Crippen LogP contribution is -2.52. The number of carbonyl (C=O) groups excluding carboxylic acids is 4. The molecule has 4 heterocycles. The van der Waals surface area contributed by atoms with Crippen LogP contribution in [0.25, 0.3) is 10.2 Å². The van der Waals surface area contributed by atoms with E-state index in [2.05, 4.69) is 20.9 Å². The molecular formula is C26H28N6O6S. The number of amides is 5. The largest absolute Gasteiger partial charge is 0.497 e. The van der Waals surface area contributed by atoms with E-state index in [-0.39, 0.29) is 37.0 Å². The zero-order chi connectivity index (χ0) is 27.9. The Morgan fingerprint density at radius 1 is 1.23 bits per heavy atom. The van der Waals surface area contributed by atoms with Gasteiger partial charge in [0.15, 0.2) is 0 Å². The van der Waals surface area contributed by atoms with Crippen molar-refractivity contribution in [1.29, 1.82) is 0 Å². The molecule has 5 rings (SSSR count). The van der Waals surface area contributed by atoms with Gasteiger partial charge in [0.25, 0.3) is 5.91 Å². The van der Waals surface area contributed by atoms with E-state index >= 15 is 0 Å². The number of benzene rings is 1. The highest BCUT2D eigenvalue weighted by atomic mass is 32.1. The zero-order valence-corrected chi connectivity index (χ0v) is 22.7. The van der Waals surface area contributed by atoms with Crippen LogP contribution in [0, 0.1) is 0 Å². The molecule has 1 aromatic carbocycles. The van der Waals surface area contributed by atoms with Crippen LogP contribution in [0.1, 0.15) is 54.7 Å². The maximum Gasteiger partial charge on any atom is 0.321 e. The number of hydrogen-bond donors (Lipinski definition) is 3. The number of imide groups is 1. The van der Waals surface area contributed by atoms with Gasteiger partial charge >= 0.3 is 6.03 Å². The number of urea groups is 1. The number of carbonyl (C=O) groups is 4. The van der Waals surface area contributed by atoms with E-state index in [9.17, 15) is 19.2 Å². The predicted octanol–water partition coefficient (Wildman–Crippen LogP) is 2.92. The van der Waals surface area contributed by atoms with Crippen LogP contribution in [0.3, 0.4) is 0 Å². The fraction of sp³-hybridized carbons (Fsp3) is 0.385. The number of hydrogen-bond acceptors (Lipinski definition) is 9. The minimum Gasteiger partial charge on any atom is -0.497 e. The molecule has 1 fully saturated rings. The van der Waals surface area contributed by atoms with Crippen LogP contribution in [0.5, 0.6) is 11.5 Å². The Balaban J connectivity index is 1.29. The molecule has 0 radical (unpaired) electrons. The Bertz CT molecular complexity index is 1500. The molecule has 0 spiro atoms. The first kappa shape index (κ1) is 26.4. The number of methoxy groups -OCH3 is 1. The molecule has 12 nitrogen and oxygen atoms in total. The second-order valence-corrected chi connectivity index (χ2v) is 10.7. The second kappa shape index (κ2) is 10.1. The molecule has 0 bridgehead atoms. The topological polar surface area (TPSA) is 152 Å². The second-order valence-electron chi connectivity index (χ2n) is 9.72. The van der Waals surface area contributed by atoms with Gasteiger partial charge in [-0.2, -0.15) is 0 Å². The highest BCUT2D eigenvalue weighted by Gasteiger charge is 2.40. The summed E-state index contributed by atoms with van der Waals surface area (Å²) in [5, 5.41) is 8.60. The van der Waals surface area contributed by atoms with Crippen molar-refractivity contribution in [2.45, 2.75) is 51.7 Å². The monoisotopic (exact) mass is 552 g/mol. The van der Waals surface area contributed by atoms with Gasteiger partial charge in [0, 0.05) is 12.5 Å². The van der Waals surface area contributed by atoms with Crippen LogP contribution in [0.15, 0.2) is 24.3 Å². The third kappa shape index (κ3) is 5.09. The molecule has 1 atom stereocenters. The molecule has 3 aromatic rings. The van der Waals surface area contributed by atoms with Crippen molar-refractivity contribution in [2.24, 2.45) is 0 Å². The smallest absolute Gasteiger partial charge is 0.321 e. The number of nitrogens with one attached hydrogen (secondary N) is 3. The number of ether oxygens (including phenoxy) is 2. The van der Waals surface area contributed by atoms with Gasteiger partial charge in [0.1, 0.15) is 33.9 Å². The minimum absolute atomic E-state index is 0.112. The average Bonchev–Trinajstić information content (AvgIpc) is 3.46. The number of rotatable bonds is 7. The van der Waals surface area contributed by atoms with E-state index in [1.165, 1.54) is 22.3 Å². The fourth-order valence-electron chi connectivity index (χ4n) is 4.62. The van der Waals surface area contributed by atoms with Crippen molar-refractivity contribution in [3.8, 4) is 11.5 Å². The molecular weight excluding hydrogens is 524 g/mol. The summed E-state index contributed by atoms with van der Waals surface area (Å²) >= 11 is 1.43. The maximum atomic E-state index is 12.9. The number of fused-ring (bicyclic) bond motifs is 2. The van der Waals surface area contributed by atoms with Crippen LogP contribution in [0.2, 0.25) is 0 Å². The first-order chi connectivity index (χ1) is 18.6. The van der Waals surface area contributed by atoms with Crippen LogP contribution in [-0.4, -0.2) is 58.4 Å². The summed E-state index contributed by atoms with van der Waals surface area (Å²) in [5.74, 6) is 0.351. The van der Waals surface area contributed by atoms with E-state index in [4.69, 9.17) is 14.5 Å². The summed E-state index contributed by atoms with van der Waals surface area (Å²) in [6.07, 6.45) is 0.430. The van der Waals surface area contributed by atoms with Crippen LogP contribution in [-0.2, 0) is 21.7 Å². The third-order valence-corrected chi connectivity index (χ3v) is 7.87. The van der Waals surface area contributed by atoms with Gasteiger partial charge in [0.05, 0.1) is 41.8 Å². The zero-order valence-electron chi connectivity index (χ0n) is 21.9. The summed E-state index contributed by atoms with van der Waals surface area (Å²) in [4.78, 5) is 60.2. The molecule has 0 aliphatic carbocycles. The summed E-state index contributed by atoms with van der Waals surface area (Å²) in [6.45, 7) is 6.16. The Morgan fingerprint density at radius 2 is 2.03 bits per heavy atom. The van der Waals surface area contributed by atoms with E-state index in [1.807, 2.05) is 26.8 Å². The number of aromatic nitrogens is 2. The molecule has 13 heteroatoms. The molecule has 3 N–H and O–H groups in total. The first-order valence-corrected chi connectivity index (χ1v) is 13.3. The lowest BCUT2D eigenvalue weighted by molar-refractivity contribution is -0.136. The molecule has 1 saturated heterocycles. The standard InChI is InChI=1S/C26H28N6O6S/c1-5-38-17-10-13(37-4)11-18-21(17)30-24(39-18)26(2,3)31-25(36)28-19-8-6-14-15(27-19)12-32(23(14)35)16-7-9-20(33)29-22(16)34/h6,8,10-11,16H,5,7,9,12H2,1-4H3,(H,29,33,34)(H2,27,28,31,36). The number of anilines is 1. The Hall–Kier alpha value is -4.26. The average molecular weight is 553 g/mol. The van der Waals surface area contributed by atoms with Crippen molar-refractivity contribution in [2.75, 3.05) is 19.0 Å². The fourth-order valence-corrected chi connectivity index (χ4v) is 5.69. The van der Waals surface area contributed by atoms with Crippen molar-refractivity contribution < 1.29 is 28.7 Å². The highest BCUT2D eigenvalue weighted by molar-refractivity contribution is 7.18. The SMILES string of the molecule is CCOc1cc(OC)cc2sc(C(C)(C)NC(=O)Nc3ccc4c(n3)CN(C3CCC(=O)NC3=O)C4=O)nc12. The number of nitrogens with zero attached hydrogens (tertiary/aromatic N) is 3. The minimum atomic E-state index is -0.834. The van der Waals surface area contributed by atoms with Gasteiger partial charge in [0.2, 0.25) is 11.8 Å². The van der Waals surface area contributed by atoms with Crippen molar-refractivity contribution in [3.05, 3.63) is 40.5 Å². The molecule has 2 aliphatic rings. The van der Waals surface area contributed by atoms with Crippen LogP contribution >= 0.6 is 11.3 Å². The predicted molar refractivity (Wildman–Crippen MR) is 143 cm³/mol. The maximum absolute atomic E-state index is 12.9. The molecule has 2 aliphatic heterocycles. The van der Waals surface area contributed by atoms with Gasteiger partial charge in [-0.3, -0.25) is 25.0 Å². The summed E-state index contributed by atoms with van der Waals surface area (Å²) in [7, 11) is 1.59. The van der Waals surface area contributed by atoms with Crippen molar-refractivity contribution >= 4 is 51.1 Å². The molecule has 5 amide bonds. The number of pyridine rings is 1. The van der Waals surface area contributed by atoms with Crippen LogP contribution < -0.4 is 25.4 Å². The Labute approximate surface area is 228 Å². The lowest BCUT2D eigenvalue weighted by atomic mass is 10.0. The quantitative estimate of drug-likeness (QED) is 0.379. The summed E-state index contributed by atoms with van der Waals surface area (Å²) in [5.41, 5.74) is 0.671. The van der Waals surface area contributed by atoms with E-state index in [0.717, 1.165) is 4.70 Å².